The molecular formula is C13H28N2O. The molecule has 1 fully saturated rings. The Morgan fingerprint density at radius 3 is 2.88 bits per heavy atom. The van der Waals surface area contributed by atoms with Gasteiger partial charge in [0.15, 0.2) is 0 Å². The largest absolute Gasteiger partial charge is 0.377 e. The predicted octanol–water partition coefficient (Wildman–Crippen LogP) is 1.88. The summed E-state index contributed by atoms with van der Waals surface area (Å²) in [6.45, 7) is 8.95. The third kappa shape index (κ3) is 5.28. The van der Waals surface area contributed by atoms with E-state index >= 15 is 0 Å². The molecule has 1 saturated heterocycles. The smallest absolute Gasteiger partial charge is 0.0702 e. The number of nitrogens with one attached hydrogen (secondary N) is 1. The lowest BCUT2D eigenvalue weighted by atomic mass is 10.1. The van der Waals surface area contributed by atoms with Crippen LogP contribution in [0.15, 0.2) is 0 Å². The summed E-state index contributed by atoms with van der Waals surface area (Å²) in [6, 6.07) is 0.640. The van der Waals surface area contributed by atoms with Crippen molar-refractivity contribution in [1.29, 1.82) is 0 Å². The van der Waals surface area contributed by atoms with E-state index in [2.05, 4.69) is 24.1 Å². The molecule has 3 nitrogen and oxygen atoms in total. The second-order valence-corrected chi connectivity index (χ2v) is 4.86. The molecule has 96 valence electrons. The predicted molar refractivity (Wildman–Crippen MR) is 68.8 cm³/mol. The highest BCUT2D eigenvalue weighted by Crippen LogP contribution is 2.13. The quantitative estimate of drug-likeness (QED) is 0.686. The third-order valence-corrected chi connectivity index (χ3v) is 3.54. The summed E-state index contributed by atoms with van der Waals surface area (Å²) in [4.78, 5) is 2.53. The minimum Gasteiger partial charge on any atom is -0.377 e. The fourth-order valence-corrected chi connectivity index (χ4v) is 2.22. The molecule has 1 aliphatic heterocycles. The highest BCUT2D eigenvalue weighted by molar-refractivity contribution is 4.70. The van der Waals surface area contributed by atoms with Gasteiger partial charge in [-0.2, -0.15) is 0 Å². The Morgan fingerprint density at radius 2 is 2.31 bits per heavy atom. The van der Waals surface area contributed by atoms with E-state index in [1.54, 1.807) is 0 Å². The Kier molecular flexibility index (Phi) is 7.01. The first kappa shape index (κ1) is 13.9. The topological polar surface area (TPSA) is 24.5 Å². The van der Waals surface area contributed by atoms with Gasteiger partial charge in [-0.15, -0.1) is 0 Å². The monoisotopic (exact) mass is 228 g/mol. The SMILES string of the molecule is CCN(CCCC(C)NC)CC1CCCO1. The molecule has 0 aromatic heterocycles. The summed E-state index contributed by atoms with van der Waals surface area (Å²) >= 11 is 0. The highest BCUT2D eigenvalue weighted by Gasteiger charge is 2.18. The van der Waals surface area contributed by atoms with Gasteiger partial charge in [0.25, 0.3) is 0 Å². The zero-order chi connectivity index (χ0) is 11.8. The van der Waals surface area contributed by atoms with E-state index in [-0.39, 0.29) is 0 Å². The zero-order valence-electron chi connectivity index (χ0n) is 11.2. The van der Waals surface area contributed by atoms with Crippen molar-refractivity contribution in [2.24, 2.45) is 0 Å². The second-order valence-electron chi connectivity index (χ2n) is 4.86. The molecule has 0 aliphatic carbocycles. The van der Waals surface area contributed by atoms with Crippen molar-refractivity contribution in [3.8, 4) is 0 Å². The first-order chi connectivity index (χ1) is 7.76. The van der Waals surface area contributed by atoms with Gasteiger partial charge >= 0.3 is 0 Å². The molecule has 1 rings (SSSR count). The molecule has 1 aliphatic rings. The Labute approximate surface area is 101 Å². The van der Waals surface area contributed by atoms with E-state index in [0.29, 0.717) is 12.1 Å². The minimum absolute atomic E-state index is 0.502. The summed E-state index contributed by atoms with van der Waals surface area (Å²) in [6.07, 6.45) is 5.55. The fourth-order valence-electron chi connectivity index (χ4n) is 2.22. The summed E-state index contributed by atoms with van der Waals surface area (Å²) in [5, 5.41) is 3.29. The van der Waals surface area contributed by atoms with E-state index in [1.807, 2.05) is 7.05 Å². The molecule has 16 heavy (non-hydrogen) atoms. The molecule has 0 aromatic carbocycles. The second kappa shape index (κ2) is 8.04. The molecule has 0 bridgehead atoms. The van der Waals surface area contributed by atoms with E-state index < -0.39 is 0 Å². The van der Waals surface area contributed by atoms with Crippen molar-refractivity contribution in [1.82, 2.24) is 10.2 Å². The molecule has 3 heteroatoms. The van der Waals surface area contributed by atoms with Crippen molar-refractivity contribution in [3.05, 3.63) is 0 Å². The van der Waals surface area contributed by atoms with Crippen LogP contribution in [0.2, 0.25) is 0 Å². The summed E-state index contributed by atoms with van der Waals surface area (Å²) < 4.78 is 5.68. The van der Waals surface area contributed by atoms with Crippen molar-refractivity contribution >= 4 is 0 Å². The lowest BCUT2D eigenvalue weighted by Crippen LogP contribution is -2.33. The van der Waals surface area contributed by atoms with Crippen LogP contribution >= 0.6 is 0 Å². The van der Waals surface area contributed by atoms with Crippen LogP contribution in [0.5, 0.6) is 0 Å². The lowest BCUT2D eigenvalue weighted by Gasteiger charge is -2.24. The van der Waals surface area contributed by atoms with Crippen LogP contribution in [0.4, 0.5) is 0 Å². The highest BCUT2D eigenvalue weighted by atomic mass is 16.5. The summed E-state index contributed by atoms with van der Waals surface area (Å²) in [5.41, 5.74) is 0. The van der Waals surface area contributed by atoms with E-state index in [9.17, 15) is 0 Å². The molecule has 0 amide bonds. The van der Waals surface area contributed by atoms with Gasteiger partial charge in [-0.1, -0.05) is 6.92 Å². The standard InChI is InChI=1S/C13H28N2O/c1-4-15(9-5-7-12(2)14-3)11-13-8-6-10-16-13/h12-14H,4-11H2,1-3H3. The van der Waals surface area contributed by atoms with E-state index in [1.165, 1.54) is 32.2 Å². The van der Waals surface area contributed by atoms with Crippen LogP contribution in [0.25, 0.3) is 0 Å². The van der Waals surface area contributed by atoms with Crippen molar-refractivity contribution in [2.45, 2.75) is 51.7 Å². The zero-order valence-corrected chi connectivity index (χ0v) is 11.2. The van der Waals surface area contributed by atoms with E-state index in [4.69, 9.17) is 4.74 Å². The number of hydrogen-bond acceptors (Lipinski definition) is 3. The average molecular weight is 228 g/mol. The Bertz CT molecular complexity index is 169. The Morgan fingerprint density at radius 1 is 1.50 bits per heavy atom. The van der Waals surface area contributed by atoms with Crippen molar-refractivity contribution in [2.75, 3.05) is 33.3 Å². The van der Waals surface area contributed by atoms with Gasteiger partial charge in [0, 0.05) is 19.2 Å². The van der Waals surface area contributed by atoms with Crippen LogP contribution in [0.3, 0.4) is 0 Å². The number of rotatable bonds is 8. The van der Waals surface area contributed by atoms with Gasteiger partial charge in [-0.05, 0) is 52.7 Å². The molecule has 0 saturated carbocycles. The van der Waals surface area contributed by atoms with Gasteiger partial charge in [0.05, 0.1) is 6.10 Å². The fraction of sp³-hybridized carbons (Fsp3) is 1.00. The molecule has 0 radical (unpaired) electrons. The van der Waals surface area contributed by atoms with Gasteiger partial charge in [0.2, 0.25) is 0 Å². The van der Waals surface area contributed by atoms with Gasteiger partial charge < -0.3 is 15.0 Å². The molecule has 0 aromatic rings. The van der Waals surface area contributed by atoms with Gasteiger partial charge in [-0.3, -0.25) is 0 Å². The maximum Gasteiger partial charge on any atom is 0.0702 e. The van der Waals surface area contributed by atoms with E-state index in [0.717, 1.165) is 19.7 Å². The normalized spacial score (nSPS) is 22.9. The molecule has 1 heterocycles. The van der Waals surface area contributed by atoms with Crippen LogP contribution in [0, 0.1) is 0 Å². The number of hydrogen-bond donors (Lipinski definition) is 1. The van der Waals surface area contributed by atoms with Crippen LogP contribution in [-0.2, 0) is 4.74 Å². The Balaban J connectivity index is 2.10. The number of ether oxygens (including phenoxy) is 1. The molecule has 2 atom stereocenters. The molecule has 2 unspecified atom stereocenters. The van der Waals surface area contributed by atoms with Crippen LogP contribution in [-0.4, -0.2) is 50.3 Å². The lowest BCUT2D eigenvalue weighted by molar-refractivity contribution is 0.0741. The van der Waals surface area contributed by atoms with Gasteiger partial charge in [-0.25, -0.2) is 0 Å². The first-order valence-corrected chi connectivity index (χ1v) is 6.77. The maximum absolute atomic E-state index is 5.68. The van der Waals surface area contributed by atoms with Crippen molar-refractivity contribution < 1.29 is 4.74 Å². The van der Waals surface area contributed by atoms with Crippen molar-refractivity contribution in [3.63, 3.8) is 0 Å². The molecule has 1 N–H and O–H groups in total. The number of likely N-dealkylation sites (N-methyl/N-ethyl adjacent to an activating group) is 1. The molecular weight excluding hydrogens is 200 g/mol. The third-order valence-electron chi connectivity index (χ3n) is 3.54. The molecule has 0 spiro atoms. The Hall–Kier alpha value is -0.120. The maximum atomic E-state index is 5.68. The number of nitrogens with zero attached hydrogens (tertiary/aromatic N) is 1. The first-order valence-electron chi connectivity index (χ1n) is 6.77. The summed E-state index contributed by atoms with van der Waals surface area (Å²) in [7, 11) is 2.04. The van der Waals surface area contributed by atoms with Crippen LogP contribution < -0.4 is 5.32 Å². The minimum atomic E-state index is 0.502. The average Bonchev–Trinajstić information content (AvgIpc) is 2.80. The summed E-state index contributed by atoms with van der Waals surface area (Å²) in [5.74, 6) is 0. The van der Waals surface area contributed by atoms with Crippen LogP contribution in [0.1, 0.15) is 39.5 Å². The van der Waals surface area contributed by atoms with Gasteiger partial charge in [0.1, 0.15) is 0 Å².